The highest BCUT2D eigenvalue weighted by Gasteiger charge is 1.99. The number of nitrogens with zero attached hydrogens (tertiary/aromatic N) is 1. The van der Waals surface area contributed by atoms with E-state index in [0.717, 1.165) is 17.1 Å². The van der Waals surface area contributed by atoms with Crippen LogP contribution in [0.15, 0.2) is 70.3 Å². The lowest BCUT2D eigenvalue weighted by molar-refractivity contribution is 0.306. The van der Waals surface area contributed by atoms with Gasteiger partial charge in [0.25, 0.3) is 0 Å². The fourth-order valence-electron chi connectivity index (χ4n) is 2.35. The molecule has 0 unspecified atom stereocenters. The highest BCUT2D eigenvalue weighted by Crippen LogP contribution is 2.15. The minimum absolute atomic E-state index is 0.554. The lowest BCUT2D eigenvalue weighted by atomic mass is 10.1. The van der Waals surface area contributed by atoms with Crippen LogP contribution in [0, 0.1) is 13.8 Å². The Kier molecular flexibility index (Phi) is 5.12. The number of ether oxygens (including phenoxy) is 1. The molecule has 0 aliphatic carbocycles. The minimum atomic E-state index is 0.554. The van der Waals surface area contributed by atoms with Gasteiger partial charge in [0.1, 0.15) is 18.1 Å². The molecule has 3 heteroatoms. The third kappa shape index (κ3) is 4.35. The Morgan fingerprint density at radius 2 is 1.83 bits per heavy atom. The number of hydrogen-bond donors (Lipinski definition) is 0. The molecule has 122 valence electrons. The van der Waals surface area contributed by atoms with E-state index < -0.39 is 0 Å². The molecule has 0 spiro atoms. The molecular formula is C21H21NO2. The summed E-state index contributed by atoms with van der Waals surface area (Å²) in [6, 6.07) is 18.1. The molecule has 3 nitrogen and oxygen atoms in total. The first-order valence-corrected chi connectivity index (χ1v) is 8.02. The molecule has 0 bridgehead atoms. The van der Waals surface area contributed by atoms with Crippen LogP contribution in [-0.4, -0.2) is 6.21 Å². The lowest BCUT2D eigenvalue weighted by Crippen LogP contribution is -1.96. The quantitative estimate of drug-likeness (QED) is 0.593. The fraction of sp³-hybridized carbons (Fsp3) is 0.190. The summed E-state index contributed by atoms with van der Waals surface area (Å²) >= 11 is 0. The van der Waals surface area contributed by atoms with Crippen LogP contribution in [0.2, 0.25) is 0 Å². The predicted octanol–water partition coefficient (Wildman–Crippen LogP) is 5.09. The second kappa shape index (κ2) is 7.64. The smallest absolute Gasteiger partial charge is 0.125 e. The van der Waals surface area contributed by atoms with E-state index in [-0.39, 0.29) is 0 Å². The molecule has 0 aliphatic rings. The zero-order chi connectivity index (χ0) is 16.8. The van der Waals surface area contributed by atoms with Crippen molar-refractivity contribution < 1.29 is 9.15 Å². The fourth-order valence-corrected chi connectivity index (χ4v) is 2.35. The third-order valence-corrected chi connectivity index (χ3v) is 3.92. The molecule has 3 aromatic rings. The van der Waals surface area contributed by atoms with Crippen LogP contribution < -0.4 is 4.74 Å². The van der Waals surface area contributed by atoms with Crippen molar-refractivity contribution in [3.63, 3.8) is 0 Å². The molecule has 2 aromatic carbocycles. The maximum Gasteiger partial charge on any atom is 0.125 e. The van der Waals surface area contributed by atoms with Gasteiger partial charge in [0.2, 0.25) is 0 Å². The zero-order valence-electron chi connectivity index (χ0n) is 14.0. The van der Waals surface area contributed by atoms with E-state index in [1.807, 2.05) is 42.6 Å². The molecule has 1 heterocycles. The van der Waals surface area contributed by atoms with Crippen LogP contribution in [0.25, 0.3) is 0 Å². The molecule has 24 heavy (non-hydrogen) atoms. The molecule has 0 aliphatic heterocycles. The van der Waals surface area contributed by atoms with Gasteiger partial charge >= 0.3 is 0 Å². The zero-order valence-corrected chi connectivity index (χ0v) is 14.0. The number of aryl methyl sites for hydroxylation is 2. The molecule has 0 N–H and O–H groups in total. The summed E-state index contributed by atoms with van der Waals surface area (Å²) in [5.41, 5.74) is 4.82. The van der Waals surface area contributed by atoms with Crippen LogP contribution in [0.1, 0.15) is 28.0 Å². The third-order valence-electron chi connectivity index (χ3n) is 3.92. The summed E-state index contributed by atoms with van der Waals surface area (Å²) in [7, 11) is 0. The predicted molar refractivity (Wildman–Crippen MR) is 96.7 cm³/mol. The van der Waals surface area contributed by atoms with Crippen molar-refractivity contribution in [2.45, 2.75) is 27.0 Å². The lowest BCUT2D eigenvalue weighted by Gasteiger charge is -2.08. The Labute approximate surface area is 142 Å². The molecule has 3 rings (SSSR count). The van der Waals surface area contributed by atoms with Crippen molar-refractivity contribution >= 4 is 6.21 Å². The van der Waals surface area contributed by atoms with Gasteiger partial charge in [0.15, 0.2) is 0 Å². The number of rotatable bonds is 6. The number of aliphatic imine (C=N–C) groups is 1. The summed E-state index contributed by atoms with van der Waals surface area (Å²) < 4.78 is 11.1. The van der Waals surface area contributed by atoms with Crippen molar-refractivity contribution in [3.05, 3.63) is 88.9 Å². The van der Waals surface area contributed by atoms with E-state index in [1.165, 1.54) is 16.7 Å². The standard InChI is InChI=1S/C21H21NO2/c1-16-5-6-19(12-17(16)2)15-24-20-9-7-18(8-10-20)13-22-14-21-4-3-11-23-21/h3-13H,14-15H2,1-2H3. The van der Waals surface area contributed by atoms with Crippen LogP contribution in [0.3, 0.4) is 0 Å². The van der Waals surface area contributed by atoms with E-state index in [9.17, 15) is 0 Å². The van der Waals surface area contributed by atoms with Gasteiger partial charge < -0.3 is 9.15 Å². The van der Waals surface area contributed by atoms with Crippen molar-refractivity contribution in [3.8, 4) is 5.75 Å². The monoisotopic (exact) mass is 319 g/mol. The minimum Gasteiger partial charge on any atom is -0.489 e. The van der Waals surface area contributed by atoms with Crippen molar-refractivity contribution in [1.82, 2.24) is 0 Å². The molecule has 0 fully saturated rings. The van der Waals surface area contributed by atoms with Crippen molar-refractivity contribution in [2.24, 2.45) is 4.99 Å². The number of benzene rings is 2. The highest BCUT2D eigenvalue weighted by atomic mass is 16.5. The molecule has 0 radical (unpaired) electrons. The SMILES string of the molecule is Cc1ccc(COc2ccc(C=NCc3ccco3)cc2)cc1C. The van der Waals surface area contributed by atoms with E-state index >= 15 is 0 Å². The summed E-state index contributed by atoms with van der Waals surface area (Å²) in [5.74, 6) is 1.72. The molecule has 0 saturated heterocycles. The topological polar surface area (TPSA) is 34.7 Å². The van der Waals surface area contributed by atoms with Gasteiger partial charge in [-0.05, 0) is 72.5 Å². The van der Waals surface area contributed by atoms with Gasteiger partial charge in [0.05, 0.1) is 12.8 Å². The Morgan fingerprint density at radius 3 is 2.54 bits per heavy atom. The van der Waals surface area contributed by atoms with Gasteiger partial charge in [-0.15, -0.1) is 0 Å². The summed E-state index contributed by atoms with van der Waals surface area (Å²) in [6.45, 7) is 5.37. The highest BCUT2D eigenvalue weighted by molar-refractivity contribution is 5.79. The molecule has 0 atom stereocenters. The molecule has 0 saturated carbocycles. The Hall–Kier alpha value is -2.81. The average molecular weight is 319 g/mol. The Bertz CT molecular complexity index is 802. The second-order valence-corrected chi connectivity index (χ2v) is 5.83. The Morgan fingerprint density at radius 1 is 1.00 bits per heavy atom. The van der Waals surface area contributed by atoms with Gasteiger partial charge in [-0.3, -0.25) is 4.99 Å². The summed E-state index contributed by atoms with van der Waals surface area (Å²) in [5, 5.41) is 0. The van der Waals surface area contributed by atoms with Gasteiger partial charge in [-0.1, -0.05) is 18.2 Å². The van der Waals surface area contributed by atoms with Gasteiger partial charge in [-0.2, -0.15) is 0 Å². The number of furan rings is 1. The van der Waals surface area contributed by atoms with Crippen LogP contribution in [-0.2, 0) is 13.2 Å². The van der Waals surface area contributed by atoms with Crippen molar-refractivity contribution in [2.75, 3.05) is 0 Å². The van der Waals surface area contributed by atoms with Crippen LogP contribution in [0.5, 0.6) is 5.75 Å². The van der Waals surface area contributed by atoms with Gasteiger partial charge in [-0.25, -0.2) is 0 Å². The normalized spacial score (nSPS) is 11.1. The molecule has 0 amide bonds. The Balaban J connectivity index is 1.54. The van der Waals surface area contributed by atoms with E-state index in [1.54, 1.807) is 6.26 Å². The molecule has 1 aromatic heterocycles. The van der Waals surface area contributed by atoms with E-state index in [4.69, 9.17) is 9.15 Å². The largest absolute Gasteiger partial charge is 0.489 e. The van der Waals surface area contributed by atoms with Crippen molar-refractivity contribution in [1.29, 1.82) is 0 Å². The number of hydrogen-bond acceptors (Lipinski definition) is 3. The maximum atomic E-state index is 5.85. The first-order valence-electron chi connectivity index (χ1n) is 8.02. The van der Waals surface area contributed by atoms with Gasteiger partial charge in [0, 0.05) is 6.21 Å². The summed E-state index contributed by atoms with van der Waals surface area (Å²) in [6.07, 6.45) is 3.50. The van der Waals surface area contributed by atoms with Crippen LogP contribution in [0.4, 0.5) is 0 Å². The summed E-state index contributed by atoms with van der Waals surface area (Å²) in [4.78, 5) is 4.37. The first-order chi connectivity index (χ1) is 11.7. The molecular weight excluding hydrogens is 298 g/mol. The average Bonchev–Trinajstić information content (AvgIpc) is 3.10. The van der Waals surface area contributed by atoms with E-state index in [0.29, 0.717) is 13.2 Å². The first kappa shape index (κ1) is 16.1. The van der Waals surface area contributed by atoms with Crippen LogP contribution >= 0.6 is 0 Å². The second-order valence-electron chi connectivity index (χ2n) is 5.83. The van der Waals surface area contributed by atoms with E-state index in [2.05, 4.69) is 37.0 Å². The maximum absolute atomic E-state index is 5.85.